The Morgan fingerprint density at radius 1 is 1.10 bits per heavy atom. The lowest BCUT2D eigenvalue weighted by atomic mass is 10.0. The predicted molar refractivity (Wildman–Crippen MR) is 82.8 cm³/mol. The molecule has 3 heteroatoms. The van der Waals surface area contributed by atoms with Gasteiger partial charge in [-0.15, -0.1) is 0 Å². The molecule has 0 heterocycles. The van der Waals surface area contributed by atoms with E-state index in [1.54, 1.807) is 0 Å². The molecular weight excluding hydrogens is 264 g/mol. The summed E-state index contributed by atoms with van der Waals surface area (Å²) in [5, 5.41) is 8.95. The molecule has 0 aliphatic rings. The Kier molecular flexibility index (Phi) is 4.63. The second-order valence-electron chi connectivity index (χ2n) is 5.33. The molecule has 2 aromatic carbocycles. The van der Waals surface area contributed by atoms with E-state index in [1.165, 1.54) is 5.56 Å². The van der Waals surface area contributed by atoms with Crippen LogP contribution in [-0.2, 0) is 17.8 Å². The van der Waals surface area contributed by atoms with Crippen LogP contribution >= 0.6 is 0 Å². The summed E-state index contributed by atoms with van der Waals surface area (Å²) in [4.78, 5) is 10.9. The number of aliphatic carboxylic acids is 1. The normalized spacial score (nSPS) is 10.4. The Labute approximate surface area is 125 Å². The van der Waals surface area contributed by atoms with Gasteiger partial charge in [0.2, 0.25) is 0 Å². The molecule has 3 nitrogen and oxygen atoms in total. The molecule has 0 aromatic heterocycles. The average Bonchev–Trinajstić information content (AvgIpc) is 2.42. The highest BCUT2D eigenvalue weighted by molar-refractivity contribution is 5.70. The summed E-state index contributed by atoms with van der Waals surface area (Å²) in [6.45, 7) is 6.52. The fraction of sp³-hybridized carbons (Fsp3) is 0.278. The largest absolute Gasteiger partial charge is 0.489 e. The Balaban J connectivity index is 2.19. The first-order chi connectivity index (χ1) is 9.97. The van der Waals surface area contributed by atoms with Crippen LogP contribution in [0.3, 0.4) is 0 Å². The smallest absolute Gasteiger partial charge is 0.307 e. The molecule has 1 N–H and O–H groups in total. The second-order valence-corrected chi connectivity index (χ2v) is 5.33. The van der Waals surface area contributed by atoms with Crippen molar-refractivity contribution in [1.82, 2.24) is 0 Å². The molecular formula is C18H20O3. The van der Waals surface area contributed by atoms with Gasteiger partial charge in [0.05, 0.1) is 6.42 Å². The Hall–Kier alpha value is -2.29. The molecule has 0 fully saturated rings. The molecule has 0 spiro atoms. The van der Waals surface area contributed by atoms with Crippen LogP contribution in [0.15, 0.2) is 36.4 Å². The van der Waals surface area contributed by atoms with Crippen molar-refractivity contribution in [3.05, 3.63) is 64.2 Å². The summed E-state index contributed by atoms with van der Waals surface area (Å²) in [6, 6.07) is 11.6. The number of aryl methyl sites for hydroxylation is 2. The van der Waals surface area contributed by atoms with E-state index in [0.717, 1.165) is 28.0 Å². The highest BCUT2D eigenvalue weighted by Gasteiger charge is 2.09. The van der Waals surface area contributed by atoms with Crippen LogP contribution < -0.4 is 4.74 Å². The van der Waals surface area contributed by atoms with Crippen molar-refractivity contribution in [1.29, 1.82) is 0 Å². The Bertz CT molecular complexity index is 660. The van der Waals surface area contributed by atoms with Crippen LogP contribution in [-0.4, -0.2) is 11.1 Å². The van der Waals surface area contributed by atoms with Gasteiger partial charge in [-0.2, -0.15) is 0 Å². The van der Waals surface area contributed by atoms with Gasteiger partial charge >= 0.3 is 5.97 Å². The van der Waals surface area contributed by atoms with E-state index in [2.05, 4.69) is 13.0 Å². The predicted octanol–water partition coefficient (Wildman–Crippen LogP) is 3.82. The zero-order valence-corrected chi connectivity index (χ0v) is 12.6. The quantitative estimate of drug-likeness (QED) is 0.908. The molecule has 0 aliphatic carbocycles. The first kappa shape index (κ1) is 15.1. The van der Waals surface area contributed by atoms with Gasteiger partial charge in [-0.05, 0) is 54.7 Å². The molecule has 2 aromatic rings. The van der Waals surface area contributed by atoms with Crippen molar-refractivity contribution in [2.24, 2.45) is 0 Å². The number of carboxylic acid groups (broad SMARTS) is 1. The minimum Gasteiger partial charge on any atom is -0.489 e. The third kappa shape index (κ3) is 3.85. The molecule has 2 rings (SSSR count). The van der Waals surface area contributed by atoms with E-state index in [-0.39, 0.29) is 6.42 Å². The van der Waals surface area contributed by atoms with E-state index < -0.39 is 5.97 Å². The third-order valence-corrected chi connectivity index (χ3v) is 3.61. The molecule has 0 saturated carbocycles. The van der Waals surface area contributed by atoms with Gasteiger partial charge in [0, 0.05) is 0 Å². The molecule has 0 saturated heterocycles. The lowest BCUT2D eigenvalue weighted by molar-refractivity contribution is -0.136. The summed E-state index contributed by atoms with van der Waals surface area (Å²) in [5.74, 6) is 0.0302. The monoisotopic (exact) mass is 284 g/mol. The van der Waals surface area contributed by atoms with E-state index in [4.69, 9.17) is 9.84 Å². The van der Waals surface area contributed by atoms with E-state index in [9.17, 15) is 4.79 Å². The van der Waals surface area contributed by atoms with E-state index >= 15 is 0 Å². The van der Waals surface area contributed by atoms with Crippen LogP contribution in [0, 0.1) is 20.8 Å². The van der Waals surface area contributed by atoms with E-state index in [1.807, 2.05) is 44.2 Å². The van der Waals surface area contributed by atoms with Crippen LogP contribution in [0.5, 0.6) is 5.75 Å². The van der Waals surface area contributed by atoms with Gasteiger partial charge < -0.3 is 9.84 Å². The Morgan fingerprint density at radius 2 is 1.76 bits per heavy atom. The first-order valence-electron chi connectivity index (χ1n) is 6.96. The van der Waals surface area contributed by atoms with Crippen molar-refractivity contribution in [3.8, 4) is 5.75 Å². The summed E-state index contributed by atoms with van der Waals surface area (Å²) in [5.41, 5.74) is 5.19. The highest BCUT2D eigenvalue weighted by Crippen LogP contribution is 2.24. The zero-order chi connectivity index (χ0) is 15.4. The first-order valence-corrected chi connectivity index (χ1v) is 6.96. The topological polar surface area (TPSA) is 46.5 Å². The molecule has 0 aliphatic heterocycles. The molecule has 0 amide bonds. The maximum absolute atomic E-state index is 10.9. The second kappa shape index (κ2) is 6.44. The van der Waals surface area contributed by atoms with Crippen molar-refractivity contribution in [2.75, 3.05) is 0 Å². The third-order valence-electron chi connectivity index (χ3n) is 3.61. The maximum atomic E-state index is 10.9. The van der Waals surface area contributed by atoms with Gasteiger partial charge in [0.15, 0.2) is 0 Å². The molecule has 0 bridgehead atoms. The van der Waals surface area contributed by atoms with Crippen molar-refractivity contribution in [3.63, 3.8) is 0 Å². The van der Waals surface area contributed by atoms with Gasteiger partial charge in [0.1, 0.15) is 12.4 Å². The molecule has 21 heavy (non-hydrogen) atoms. The van der Waals surface area contributed by atoms with Gasteiger partial charge in [0.25, 0.3) is 0 Å². The van der Waals surface area contributed by atoms with Crippen LogP contribution in [0.4, 0.5) is 0 Å². The van der Waals surface area contributed by atoms with Crippen LogP contribution in [0.1, 0.15) is 27.8 Å². The number of carboxylic acids is 1. The zero-order valence-electron chi connectivity index (χ0n) is 12.6. The highest BCUT2D eigenvalue weighted by atomic mass is 16.5. The van der Waals surface area contributed by atoms with Crippen molar-refractivity contribution in [2.45, 2.75) is 33.8 Å². The van der Waals surface area contributed by atoms with Crippen molar-refractivity contribution < 1.29 is 14.6 Å². The number of benzene rings is 2. The molecule has 0 unspecified atom stereocenters. The average molecular weight is 284 g/mol. The number of rotatable bonds is 5. The van der Waals surface area contributed by atoms with E-state index in [0.29, 0.717) is 6.61 Å². The fourth-order valence-electron chi connectivity index (χ4n) is 2.34. The summed E-state index contributed by atoms with van der Waals surface area (Å²) in [6.07, 6.45) is 0.0192. The van der Waals surface area contributed by atoms with Gasteiger partial charge in [-0.25, -0.2) is 0 Å². The molecule has 110 valence electrons. The lowest BCUT2D eigenvalue weighted by Crippen LogP contribution is -2.06. The molecule has 0 radical (unpaired) electrons. The standard InChI is InChI=1S/C18H20O3/c1-12-8-13(2)14(3)17(9-12)21-11-16-7-5-4-6-15(16)10-18(19)20/h4-9H,10-11H2,1-3H3,(H,19,20). The minimum absolute atomic E-state index is 0.0192. The lowest BCUT2D eigenvalue weighted by Gasteiger charge is -2.14. The maximum Gasteiger partial charge on any atom is 0.307 e. The number of hydrogen-bond donors (Lipinski definition) is 1. The Morgan fingerprint density at radius 3 is 2.43 bits per heavy atom. The van der Waals surface area contributed by atoms with Crippen LogP contribution in [0.25, 0.3) is 0 Å². The van der Waals surface area contributed by atoms with Gasteiger partial charge in [-0.1, -0.05) is 30.3 Å². The number of ether oxygens (including phenoxy) is 1. The fourth-order valence-corrected chi connectivity index (χ4v) is 2.34. The summed E-state index contributed by atoms with van der Waals surface area (Å²) in [7, 11) is 0. The number of hydrogen-bond acceptors (Lipinski definition) is 2. The summed E-state index contributed by atoms with van der Waals surface area (Å²) >= 11 is 0. The minimum atomic E-state index is -0.829. The summed E-state index contributed by atoms with van der Waals surface area (Å²) < 4.78 is 5.91. The SMILES string of the molecule is Cc1cc(C)c(C)c(OCc2ccccc2CC(=O)O)c1. The van der Waals surface area contributed by atoms with Gasteiger partial charge in [-0.3, -0.25) is 4.79 Å². The molecule has 0 atom stereocenters. The van der Waals surface area contributed by atoms with Crippen LogP contribution in [0.2, 0.25) is 0 Å². The van der Waals surface area contributed by atoms with Crippen molar-refractivity contribution >= 4 is 5.97 Å². The number of carbonyl (C=O) groups is 1.